The lowest BCUT2D eigenvalue weighted by atomic mass is 9.73. The van der Waals surface area contributed by atoms with Crippen molar-refractivity contribution >= 4 is 18.2 Å². The molecule has 1 atom stereocenters. The van der Waals surface area contributed by atoms with Crippen LogP contribution in [0.2, 0.25) is 0 Å². The number of carbonyl (C=O) groups excluding carboxylic acids is 1. The van der Waals surface area contributed by atoms with Gasteiger partial charge in [-0.1, -0.05) is 103 Å². The van der Waals surface area contributed by atoms with Crippen LogP contribution >= 0.6 is 12.4 Å². The molecule has 0 amide bonds. The molecule has 1 fully saturated rings. The van der Waals surface area contributed by atoms with Crippen molar-refractivity contribution in [2.24, 2.45) is 5.92 Å². The first kappa shape index (κ1) is 41.6. The first-order valence-corrected chi connectivity index (χ1v) is 18.6. The van der Waals surface area contributed by atoms with Crippen molar-refractivity contribution in [3.8, 4) is 17.6 Å². The number of piperidine rings is 1. The molecule has 3 rings (SSSR count). The highest BCUT2D eigenvalue weighted by Gasteiger charge is 2.32. The first-order chi connectivity index (χ1) is 23.0. The highest BCUT2D eigenvalue weighted by molar-refractivity contribution is 5.97. The van der Waals surface area contributed by atoms with Gasteiger partial charge in [0.2, 0.25) is 0 Å². The predicted octanol–water partition coefficient (Wildman–Crippen LogP) is 11.3. The second-order valence-electron chi connectivity index (χ2n) is 13.7. The van der Waals surface area contributed by atoms with Crippen molar-refractivity contribution in [3.05, 3.63) is 59.4 Å². The second-order valence-corrected chi connectivity index (χ2v) is 13.7. The van der Waals surface area contributed by atoms with E-state index in [-0.39, 0.29) is 29.9 Å². The molecule has 0 bridgehead atoms. The van der Waals surface area contributed by atoms with Crippen molar-refractivity contribution in [2.75, 3.05) is 33.9 Å². The fraction of sp³-hybridized carbons (Fsp3) is 0.659. The number of hydrogen-bond donors (Lipinski definition) is 0. The Balaban J connectivity index is 0.00000800. The standard InChI is InChI=1S/C41H61FN2O3.ClH/c1-4-5-6-7-8-9-10-11-12-13-14-16-27-41(33-43,36-21-24-38(46-2)39(32-36)47-3)28-17-15-18-29-44-30-25-35(26-31-44)40(45)34-19-22-37(42)23-20-34;/h19-24,32,35H,4-18,25-31H2,1-3H3;1H. The van der Waals surface area contributed by atoms with Crippen LogP contribution in [0.25, 0.3) is 0 Å². The summed E-state index contributed by atoms with van der Waals surface area (Å²) in [5.74, 6) is 1.23. The molecule has 1 heterocycles. The zero-order chi connectivity index (χ0) is 33.7. The number of carbonyl (C=O) groups is 1. The molecule has 2 aromatic carbocycles. The van der Waals surface area contributed by atoms with Crippen LogP contribution < -0.4 is 9.47 Å². The molecule has 7 heteroatoms. The molecule has 0 aromatic heterocycles. The quantitative estimate of drug-likeness (QED) is 0.0813. The molecule has 1 unspecified atom stereocenters. The van der Waals surface area contributed by atoms with E-state index in [1.165, 1.54) is 82.8 Å². The number of Topliss-reactive ketones (excluding diaryl/α,β-unsaturated/α-hetero) is 1. The lowest BCUT2D eigenvalue weighted by Gasteiger charge is -2.31. The maximum Gasteiger partial charge on any atom is 0.166 e. The highest BCUT2D eigenvalue weighted by Crippen LogP contribution is 2.39. The minimum atomic E-state index is -0.531. The summed E-state index contributed by atoms with van der Waals surface area (Å²) < 4.78 is 24.4. The molecule has 0 radical (unpaired) electrons. The number of halogens is 2. The van der Waals surface area contributed by atoms with E-state index in [4.69, 9.17) is 9.47 Å². The van der Waals surface area contributed by atoms with Crippen molar-refractivity contribution in [3.63, 3.8) is 0 Å². The van der Waals surface area contributed by atoms with Crippen LogP contribution in [0.15, 0.2) is 42.5 Å². The second kappa shape index (κ2) is 23.7. The number of ether oxygens (including phenoxy) is 2. The Morgan fingerprint density at radius 3 is 1.83 bits per heavy atom. The molecule has 0 spiro atoms. The Morgan fingerprint density at radius 2 is 1.31 bits per heavy atom. The van der Waals surface area contributed by atoms with Crippen LogP contribution in [-0.4, -0.2) is 44.5 Å². The van der Waals surface area contributed by atoms with Crippen LogP contribution in [0.3, 0.4) is 0 Å². The normalized spacial score (nSPS) is 14.9. The molecule has 0 N–H and O–H groups in total. The van der Waals surface area contributed by atoms with E-state index in [2.05, 4.69) is 24.0 Å². The zero-order valence-corrected chi connectivity index (χ0v) is 30.9. The average Bonchev–Trinajstić information content (AvgIpc) is 3.11. The summed E-state index contributed by atoms with van der Waals surface area (Å²) in [6.07, 6.45) is 22.2. The third-order valence-electron chi connectivity index (χ3n) is 10.3. The Bertz CT molecular complexity index is 1210. The number of nitrogens with zero attached hydrogens (tertiary/aromatic N) is 2. The van der Waals surface area contributed by atoms with Gasteiger partial charge in [0.1, 0.15) is 5.82 Å². The van der Waals surface area contributed by atoms with Crippen molar-refractivity contribution in [2.45, 2.75) is 134 Å². The molecule has 48 heavy (non-hydrogen) atoms. The van der Waals surface area contributed by atoms with Gasteiger partial charge in [-0.3, -0.25) is 4.79 Å². The third kappa shape index (κ3) is 13.7. The van der Waals surface area contributed by atoms with E-state index < -0.39 is 5.41 Å². The molecule has 268 valence electrons. The summed E-state index contributed by atoms with van der Waals surface area (Å²) >= 11 is 0. The molecule has 0 aliphatic carbocycles. The Kier molecular flexibility index (Phi) is 20.5. The van der Waals surface area contributed by atoms with Gasteiger partial charge >= 0.3 is 0 Å². The summed E-state index contributed by atoms with van der Waals surface area (Å²) in [5, 5.41) is 10.6. The number of unbranched alkanes of at least 4 members (excludes halogenated alkanes) is 13. The molecule has 5 nitrogen and oxygen atoms in total. The topological polar surface area (TPSA) is 62.6 Å². The molecular weight excluding hydrogens is 623 g/mol. The molecule has 2 aromatic rings. The Labute approximate surface area is 297 Å². The van der Waals surface area contributed by atoms with Crippen LogP contribution in [-0.2, 0) is 5.41 Å². The van der Waals surface area contributed by atoms with Gasteiger partial charge in [-0.25, -0.2) is 4.39 Å². The van der Waals surface area contributed by atoms with Gasteiger partial charge in [0.05, 0.1) is 25.7 Å². The maximum absolute atomic E-state index is 13.3. The van der Waals surface area contributed by atoms with Crippen LogP contribution in [0.5, 0.6) is 11.5 Å². The molecule has 1 aliphatic rings. The first-order valence-electron chi connectivity index (χ1n) is 18.6. The van der Waals surface area contributed by atoms with Gasteiger partial charge in [-0.2, -0.15) is 5.26 Å². The number of likely N-dealkylation sites (tertiary alicyclic amines) is 1. The van der Waals surface area contributed by atoms with Gasteiger partial charge in [-0.15, -0.1) is 12.4 Å². The van der Waals surface area contributed by atoms with Gasteiger partial charge in [0.25, 0.3) is 0 Å². The van der Waals surface area contributed by atoms with E-state index in [0.717, 1.165) is 76.6 Å². The van der Waals surface area contributed by atoms with E-state index in [9.17, 15) is 14.4 Å². The largest absolute Gasteiger partial charge is 0.493 e. The minimum absolute atomic E-state index is 0. The van der Waals surface area contributed by atoms with E-state index in [1.54, 1.807) is 26.4 Å². The lowest BCUT2D eigenvalue weighted by Crippen LogP contribution is -2.37. The number of benzene rings is 2. The van der Waals surface area contributed by atoms with Crippen molar-refractivity contribution in [1.82, 2.24) is 4.90 Å². The molecule has 0 saturated carbocycles. The average molecular weight is 685 g/mol. The number of rotatable bonds is 24. The van der Waals surface area contributed by atoms with Crippen LogP contribution in [0.4, 0.5) is 4.39 Å². The summed E-state index contributed by atoms with van der Waals surface area (Å²) in [4.78, 5) is 15.3. The molecule has 1 aliphatic heterocycles. The third-order valence-corrected chi connectivity index (χ3v) is 10.3. The fourth-order valence-corrected chi connectivity index (χ4v) is 7.20. The van der Waals surface area contributed by atoms with E-state index in [1.807, 2.05) is 12.1 Å². The maximum atomic E-state index is 13.3. The monoisotopic (exact) mass is 684 g/mol. The Hall–Kier alpha value is -2.62. The minimum Gasteiger partial charge on any atom is -0.493 e. The number of nitriles is 1. The smallest absolute Gasteiger partial charge is 0.166 e. The van der Waals surface area contributed by atoms with Crippen molar-refractivity contribution < 1.29 is 18.7 Å². The van der Waals surface area contributed by atoms with E-state index in [0.29, 0.717) is 17.1 Å². The van der Waals surface area contributed by atoms with Gasteiger partial charge < -0.3 is 14.4 Å². The molecule has 1 saturated heterocycles. The number of hydrogen-bond acceptors (Lipinski definition) is 5. The van der Waals surface area contributed by atoms with Gasteiger partial charge in [-0.05, 0) is 93.7 Å². The number of methoxy groups -OCH3 is 2. The summed E-state index contributed by atoms with van der Waals surface area (Å²) in [6, 6.07) is 14.7. The van der Waals surface area contributed by atoms with Crippen LogP contribution in [0, 0.1) is 23.1 Å². The van der Waals surface area contributed by atoms with Crippen molar-refractivity contribution in [1.29, 1.82) is 5.26 Å². The fourth-order valence-electron chi connectivity index (χ4n) is 7.20. The molecular formula is C41H62ClFN2O3. The van der Waals surface area contributed by atoms with E-state index >= 15 is 0 Å². The summed E-state index contributed by atoms with van der Waals surface area (Å²) in [6.45, 7) is 5.13. The highest BCUT2D eigenvalue weighted by atomic mass is 35.5. The SMILES string of the molecule is CCCCCCCCCCCCCCC(C#N)(CCCCCN1CCC(C(=O)c2ccc(F)cc2)CC1)c1ccc(OC)c(OC)c1.Cl. The van der Waals surface area contributed by atoms with Gasteiger partial charge in [0.15, 0.2) is 17.3 Å². The summed E-state index contributed by atoms with van der Waals surface area (Å²) in [7, 11) is 3.30. The number of ketones is 1. The van der Waals surface area contributed by atoms with Crippen LogP contribution in [0.1, 0.15) is 145 Å². The zero-order valence-electron chi connectivity index (χ0n) is 30.1. The van der Waals surface area contributed by atoms with Gasteiger partial charge in [0, 0.05) is 11.5 Å². The summed E-state index contributed by atoms with van der Waals surface area (Å²) in [5.41, 5.74) is 1.12. The predicted molar refractivity (Wildman–Crippen MR) is 198 cm³/mol. The lowest BCUT2D eigenvalue weighted by molar-refractivity contribution is 0.0838. The Morgan fingerprint density at radius 1 is 0.792 bits per heavy atom.